The van der Waals surface area contributed by atoms with Crippen LogP contribution in [0.4, 0.5) is 0 Å². The summed E-state index contributed by atoms with van der Waals surface area (Å²) in [6.07, 6.45) is 2.46. The van der Waals surface area contributed by atoms with Gasteiger partial charge in [0.15, 0.2) is 0 Å². The summed E-state index contributed by atoms with van der Waals surface area (Å²) in [5.41, 5.74) is 1.00. The number of fused-ring (bicyclic) bond motifs is 1. The predicted molar refractivity (Wildman–Crippen MR) is 70.3 cm³/mol. The number of nitrogens with zero attached hydrogens (tertiary/aromatic N) is 2. The molecular formula is C13H15ClN2O. The minimum atomic E-state index is 0.124. The molecule has 1 aromatic heterocycles. The molecule has 1 heterocycles. The van der Waals surface area contributed by atoms with Gasteiger partial charge in [0.05, 0.1) is 10.5 Å². The Morgan fingerprint density at radius 3 is 2.82 bits per heavy atom. The zero-order valence-corrected chi connectivity index (χ0v) is 10.7. The topological polar surface area (TPSA) is 25.2 Å². The maximum absolute atomic E-state index is 11.5. The third-order valence-electron chi connectivity index (χ3n) is 2.80. The van der Waals surface area contributed by atoms with Crippen LogP contribution in [0.25, 0.3) is 10.9 Å². The summed E-state index contributed by atoms with van der Waals surface area (Å²) in [5, 5.41) is 1.83. The Kier molecular flexibility index (Phi) is 3.38. The van der Waals surface area contributed by atoms with E-state index in [9.17, 15) is 4.79 Å². The fraction of sp³-hybridized carbons (Fsp3) is 0.308. The molecule has 0 spiro atoms. The molecule has 0 atom stereocenters. The zero-order valence-electron chi connectivity index (χ0n) is 9.98. The first-order valence-electron chi connectivity index (χ1n) is 5.53. The second-order valence-corrected chi connectivity index (χ2v) is 4.63. The second-order valence-electron chi connectivity index (χ2n) is 4.22. The van der Waals surface area contributed by atoms with E-state index in [2.05, 4.69) is 0 Å². The number of carbonyl (C=O) groups is 1. The van der Waals surface area contributed by atoms with Gasteiger partial charge in [-0.05, 0) is 12.1 Å². The Morgan fingerprint density at radius 2 is 2.12 bits per heavy atom. The van der Waals surface area contributed by atoms with E-state index in [0.717, 1.165) is 15.9 Å². The Bertz CT molecular complexity index is 545. The molecule has 0 saturated heterocycles. The highest BCUT2D eigenvalue weighted by atomic mass is 35.5. The lowest BCUT2D eigenvalue weighted by Gasteiger charge is -2.11. The van der Waals surface area contributed by atoms with Crippen molar-refractivity contribution in [2.75, 3.05) is 14.1 Å². The number of hydrogen-bond donors (Lipinski definition) is 0. The summed E-state index contributed by atoms with van der Waals surface area (Å²) in [5.74, 6) is 0.124. The Balaban J connectivity index is 2.22. The van der Waals surface area contributed by atoms with E-state index in [1.165, 1.54) is 0 Å². The average Bonchev–Trinajstić information content (AvgIpc) is 2.70. The minimum Gasteiger partial charge on any atom is -0.349 e. The highest BCUT2D eigenvalue weighted by Gasteiger charge is 2.08. The fourth-order valence-corrected chi connectivity index (χ4v) is 2.13. The van der Waals surface area contributed by atoms with Crippen molar-refractivity contribution in [2.24, 2.45) is 0 Å². The summed E-state index contributed by atoms with van der Waals surface area (Å²) in [6, 6.07) is 7.83. The molecule has 0 saturated carbocycles. The normalized spacial score (nSPS) is 10.8. The summed E-state index contributed by atoms with van der Waals surface area (Å²) in [7, 11) is 3.53. The largest absolute Gasteiger partial charge is 0.349 e. The Labute approximate surface area is 106 Å². The van der Waals surface area contributed by atoms with E-state index >= 15 is 0 Å². The van der Waals surface area contributed by atoms with Gasteiger partial charge in [-0.25, -0.2) is 0 Å². The third-order valence-corrected chi connectivity index (χ3v) is 3.11. The molecule has 2 aromatic rings. The smallest absolute Gasteiger partial charge is 0.223 e. The van der Waals surface area contributed by atoms with Crippen LogP contribution >= 0.6 is 11.6 Å². The number of halogens is 1. The molecule has 2 rings (SSSR count). The summed E-state index contributed by atoms with van der Waals surface area (Å²) >= 11 is 6.17. The number of benzene rings is 1. The lowest BCUT2D eigenvalue weighted by molar-refractivity contribution is -0.128. The lowest BCUT2D eigenvalue weighted by Crippen LogP contribution is -2.22. The van der Waals surface area contributed by atoms with Crippen LogP contribution < -0.4 is 0 Å². The molecule has 17 heavy (non-hydrogen) atoms. The maximum atomic E-state index is 11.5. The Morgan fingerprint density at radius 1 is 1.35 bits per heavy atom. The van der Waals surface area contributed by atoms with Crippen LogP contribution in [0, 0.1) is 0 Å². The molecule has 1 amide bonds. The van der Waals surface area contributed by atoms with Crippen LogP contribution in [-0.2, 0) is 11.3 Å². The summed E-state index contributed by atoms with van der Waals surface area (Å²) in [4.78, 5) is 13.1. The summed E-state index contributed by atoms with van der Waals surface area (Å²) in [6.45, 7) is 0.657. The monoisotopic (exact) mass is 250 g/mol. The van der Waals surface area contributed by atoms with E-state index in [1.807, 2.05) is 35.0 Å². The highest BCUT2D eigenvalue weighted by Crippen LogP contribution is 2.24. The van der Waals surface area contributed by atoms with Gasteiger partial charge in [0.25, 0.3) is 0 Å². The van der Waals surface area contributed by atoms with Crippen LogP contribution in [0.15, 0.2) is 30.5 Å². The van der Waals surface area contributed by atoms with Crippen molar-refractivity contribution in [3.63, 3.8) is 0 Å². The van der Waals surface area contributed by atoms with E-state index in [-0.39, 0.29) is 5.91 Å². The SMILES string of the molecule is CN(C)C(=O)CCn1ccc2cccc(Cl)c21. The van der Waals surface area contributed by atoms with Crippen molar-refractivity contribution in [1.29, 1.82) is 0 Å². The first-order valence-corrected chi connectivity index (χ1v) is 5.91. The van der Waals surface area contributed by atoms with Crippen molar-refractivity contribution in [3.05, 3.63) is 35.5 Å². The van der Waals surface area contributed by atoms with Crippen molar-refractivity contribution < 1.29 is 4.79 Å². The molecule has 4 heteroatoms. The van der Waals surface area contributed by atoms with Gasteiger partial charge in [-0.15, -0.1) is 0 Å². The van der Waals surface area contributed by atoms with Gasteiger partial charge in [0.1, 0.15) is 0 Å². The first-order chi connectivity index (χ1) is 8.09. The average molecular weight is 251 g/mol. The van der Waals surface area contributed by atoms with Gasteiger partial charge in [-0.3, -0.25) is 4.79 Å². The van der Waals surface area contributed by atoms with Crippen LogP contribution in [-0.4, -0.2) is 29.5 Å². The molecule has 1 aromatic carbocycles. The number of para-hydroxylation sites is 1. The van der Waals surface area contributed by atoms with Gasteiger partial charge < -0.3 is 9.47 Å². The van der Waals surface area contributed by atoms with Crippen LogP contribution in [0.5, 0.6) is 0 Å². The predicted octanol–water partition coefficient (Wildman–Crippen LogP) is 2.77. The lowest BCUT2D eigenvalue weighted by atomic mass is 10.2. The van der Waals surface area contributed by atoms with Crippen molar-refractivity contribution in [3.8, 4) is 0 Å². The molecule has 0 bridgehead atoms. The second kappa shape index (κ2) is 4.80. The molecule has 0 radical (unpaired) electrons. The molecule has 0 unspecified atom stereocenters. The number of aryl methyl sites for hydroxylation is 1. The molecule has 0 N–H and O–H groups in total. The van der Waals surface area contributed by atoms with Crippen molar-refractivity contribution >= 4 is 28.4 Å². The highest BCUT2D eigenvalue weighted by molar-refractivity contribution is 6.35. The van der Waals surface area contributed by atoms with E-state index in [4.69, 9.17) is 11.6 Å². The molecule has 3 nitrogen and oxygen atoms in total. The number of carbonyl (C=O) groups excluding carboxylic acids is 1. The first kappa shape index (κ1) is 12.0. The van der Waals surface area contributed by atoms with E-state index in [1.54, 1.807) is 19.0 Å². The minimum absolute atomic E-state index is 0.124. The van der Waals surface area contributed by atoms with Crippen LogP contribution in [0.2, 0.25) is 5.02 Å². The van der Waals surface area contributed by atoms with Gasteiger partial charge in [0, 0.05) is 38.6 Å². The van der Waals surface area contributed by atoms with Gasteiger partial charge in [0.2, 0.25) is 5.91 Å². The molecule has 0 aliphatic rings. The molecule has 0 fully saturated rings. The van der Waals surface area contributed by atoms with Gasteiger partial charge in [-0.1, -0.05) is 23.7 Å². The standard InChI is InChI=1S/C13H15ClN2O/c1-15(2)12(17)7-9-16-8-6-10-4-3-5-11(14)13(10)16/h3-6,8H,7,9H2,1-2H3. The van der Waals surface area contributed by atoms with Crippen LogP contribution in [0.1, 0.15) is 6.42 Å². The van der Waals surface area contributed by atoms with Gasteiger partial charge in [-0.2, -0.15) is 0 Å². The van der Waals surface area contributed by atoms with E-state index < -0.39 is 0 Å². The van der Waals surface area contributed by atoms with Crippen molar-refractivity contribution in [1.82, 2.24) is 9.47 Å². The maximum Gasteiger partial charge on any atom is 0.223 e. The summed E-state index contributed by atoms with van der Waals surface area (Å²) < 4.78 is 2.03. The van der Waals surface area contributed by atoms with Crippen LogP contribution in [0.3, 0.4) is 0 Å². The zero-order chi connectivity index (χ0) is 12.4. The molecular weight excluding hydrogens is 236 g/mol. The Hall–Kier alpha value is -1.48. The van der Waals surface area contributed by atoms with E-state index in [0.29, 0.717) is 13.0 Å². The number of aromatic nitrogens is 1. The quantitative estimate of drug-likeness (QED) is 0.822. The number of hydrogen-bond acceptors (Lipinski definition) is 1. The van der Waals surface area contributed by atoms with Gasteiger partial charge >= 0.3 is 0 Å². The fourth-order valence-electron chi connectivity index (χ4n) is 1.84. The molecule has 0 aliphatic carbocycles. The van der Waals surface area contributed by atoms with Crippen molar-refractivity contribution in [2.45, 2.75) is 13.0 Å². The number of rotatable bonds is 3. The molecule has 90 valence electrons. The number of amides is 1. The molecule has 0 aliphatic heterocycles. The third kappa shape index (κ3) is 2.44.